The van der Waals surface area contributed by atoms with Gasteiger partial charge in [-0.15, -0.1) is 0 Å². The number of esters is 1. The van der Waals surface area contributed by atoms with Crippen LogP contribution in [0.3, 0.4) is 0 Å². The van der Waals surface area contributed by atoms with Crippen LogP contribution >= 0.6 is 0 Å². The zero-order chi connectivity index (χ0) is 11.9. The third kappa shape index (κ3) is 8.12. The molecule has 0 radical (unpaired) electrons. The van der Waals surface area contributed by atoms with E-state index in [2.05, 4.69) is 0 Å². The Morgan fingerprint density at radius 1 is 1.20 bits per heavy atom. The smallest absolute Gasteiger partial charge is 0.302 e. The lowest BCUT2D eigenvalue weighted by molar-refractivity contribution is -0.141. The van der Waals surface area contributed by atoms with E-state index in [9.17, 15) is 14.7 Å². The summed E-state index contributed by atoms with van der Waals surface area (Å²) in [4.78, 5) is 21.7. The molecule has 0 aliphatic carbocycles. The Bertz CT molecular complexity index is 215. The molecule has 0 aromatic heterocycles. The molecule has 4 nitrogen and oxygen atoms in total. The van der Waals surface area contributed by atoms with Crippen LogP contribution in [0.1, 0.15) is 46.5 Å². The van der Waals surface area contributed by atoms with Crippen molar-refractivity contribution in [2.24, 2.45) is 0 Å². The second kappa shape index (κ2) is 6.56. The van der Waals surface area contributed by atoms with Crippen molar-refractivity contribution in [3.05, 3.63) is 0 Å². The molecule has 0 unspecified atom stereocenters. The van der Waals surface area contributed by atoms with Gasteiger partial charge in [-0.1, -0.05) is 0 Å². The number of unbranched alkanes of at least 4 members (excludes halogenated alkanes) is 2. The predicted octanol–water partition coefficient (Wildman–Crippen LogP) is 1.45. The van der Waals surface area contributed by atoms with Gasteiger partial charge in [-0.3, -0.25) is 9.59 Å². The zero-order valence-electron chi connectivity index (χ0n) is 9.71. The normalized spacial score (nSPS) is 11.2. The minimum atomic E-state index is -1.23. The molecule has 0 aromatic rings. The molecule has 1 N–H and O–H groups in total. The fraction of sp³-hybridized carbons (Fsp3) is 0.818. The number of hydrogen-bond donors (Lipinski definition) is 1. The van der Waals surface area contributed by atoms with Gasteiger partial charge in [0.25, 0.3) is 0 Å². The van der Waals surface area contributed by atoms with Crippen molar-refractivity contribution in [1.82, 2.24) is 0 Å². The van der Waals surface area contributed by atoms with Gasteiger partial charge in [0, 0.05) is 13.3 Å². The maximum absolute atomic E-state index is 11.3. The van der Waals surface area contributed by atoms with Gasteiger partial charge in [-0.25, -0.2) is 0 Å². The number of ether oxygens (including phenoxy) is 1. The van der Waals surface area contributed by atoms with Gasteiger partial charge in [0.1, 0.15) is 5.60 Å². The van der Waals surface area contributed by atoms with Crippen molar-refractivity contribution < 1.29 is 19.4 Å². The molecule has 15 heavy (non-hydrogen) atoms. The molecule has 0 atom stereocenters. The second-order valence-electron chi connectivity index (χ2n) is 4.13. The summed E-state index contributed by atoms with van der Waals surface area (Å²) in [5, 5.41) is 9.34. The number of ketones is 1. The van der Waals surface area contributed by atoms with Crippen LogP contribution in [-0.2, 0) is 14.3 Å². The Balaban J connectivity index is 3.40. The number of hydrogen-bond acceptors (Lipinski definition) is 4. The van der Waals surface area contributed by atoms with Crippen LogP contribution in [0.4, 0.5) is 0 Å². The van der Waals surface area contributed by atoms with Crippen molar-refractivity contribution in [3.8, 4) is 0 Å². The zero-order valence-corrected chi connectivity index (χ0v) is 9.71. The van der Waals surface area contributed by atoms with Gasteiger partial charge in [0.15, 0.2) is 5.78 Å². The molecule has 0 aromatic carbocycles. The van der Waals surface area contributed by atoms with Crippen LogP contribution in [0.5, 0.6) is 0 Å². The van der Waals surface area contributed by atoms with Crippen LogP contribution in [0.15, 0.2) is 0 Å². The summed E-state index contributed by atoms with van der Waals surface area (Å²) < 4.78 is 4.74. The molecular formula is C11H20O4. The van der Waals surface area contributed by atoms with Gasteiger partial charge in [0.2, 0.25) is 0 Å². The topological polar surface area (TPSA) is 63.6 Å². The molecular weight excluding hydrogens is 196 g/mol. The highest BCUT2D eigenvalue weighted by molar-refractivity contribution is 5.86. The van der Waals surface area contributed by atoms with Gasteiger partial charge < -0.3 is 9.84 Å². The molecule has 0 rings (SSSR count). The van der Waals surface area contributed by atoms with Gasteiger partial charge >= 0.3 is 5.97 Å². The van der Waals surface area contributed by atoms with E-state index in [0.29, 0.717) is 13.0 Å². The van der Waals surface area contributed by atoms with E-state index in [1.807, 2.05) is 0 Å². The number of Topliss-reactive ketones (excluding diaryl/α,β-unsaturated/α-hetero) is 1. The molecule has 0 spiro atoms. The van der Waals surface area contributed by atoms with E-state index in [1.54, 1.807) is 0 Å². The number of rotatable bonds is 7. The molecule has 4 heteroatoms. The lowest BCUT2D eigenvalue weighted by atomic mass is 9.99. The SMILES string of the molecule is CC(=O)OCCCCCC(=O)C(C)(C)O. The van der Waals surface area contributed by atoms with Crippen LogP contribution in [0.2, 0.25) is 0 Å². The average Bonchev–Trinajstić information content (AvgIpc) is 2.08. The summed E-state index contributed by atoms with van der Waals surface area (Å²) >= 11 is 0. The van der Waals surface area contributed by atoms with Gasteiger partial charge in [-0.2, -0.15) is 0 Å². The maximum Gasteiger partial charge on any atom is 0.302 e. The van der Waals surface area contributed by atoms with Crippen molar-refractivity contribution in [2.45, 2.75) is 52.1 Å². The van der Waals surface area contributed by atoms with E-state index >= 15 is 0 Å². The fourth-order valence-corrected chi connectivity index (χ4v) is 1.09. The molecule has 0 heterocycles. The summed E-state index contributed by atoms with van der Waals surface area (Å²) in [5.41, 5.74) is -1.23. The standard InChI is InChI=1S/C11H20O4/c1-9(12)15-8-6-4-5-7-10(13)11(2,3)14/h14H,4-8H2,1-3H3. The van der Waals surface area contributed by atoms with Crippen molar-refractivity contribution in [1.29, 1.82) is 0 Å². The number of aliphatic hydroxyl groups is 1. The lowest BCUT2D eigenvalue weighted by Gasteiger charge is -2.14. The summed E-state index contributed by atoms with van der Waals surface area (Å²) in [6.45, 7) is 4.77. The highest BCUT2D eigenvalue weighted by Gasteiger charge is 2.22. The summed E-state index contributed by atoms with van der Waals surface area (Å²) in [6.07, 6.45) is 2.70. The quantitative estimate of drug-likeness (QED) is 0.517. The van der Waals surface area contributed by atoms with Crippen LogP contribution < -0.4 is 0 Å². The first-order valence-electron chi connectivity index (χ1n) is 5.23. The summed E-state index contributed by atoms with van der Waals surface area (Å²) in [6, 6.07) is 0. The van der Waals surface area contributed by atoms with E-state index in [1.165, 1.54) is 20.8 Å². The average molecular weight is 216 g/mol. The molecule has 0 aliphatic heterocycles. The summed E-state index contributed by atoms with van der Waals surface area (Å²) in [5.74, 6) is -0.419. The van der Waals surface area contributed by atoms with E-state index in [-0.39, 0.29) is 11.8 Å². The largest absolute Gasteiger partial charge is 0.466 e. The van der Waals surface area contributed by atoms with E-state index in [4.69, 9.17) is 4.74 Å². The van der Waals surface area contributed by atoms with Crippen LogP contribution in [0, 0.1) is 0 Å². The third-order valence-electron chi connectivity index (χ3n) is 2.04. The van der Waals surface area contributed by atoms with Gasteiger partial charge in [-0.05, 0) is 33.1 Å². The monoisotopic (exact) mass is 216 g/mol. The lowest BCUT2D eigenvalue weighted by Crippen LogP contribution is -2.30. The molecule has 0 amide bonds. The minimum absolute atomic E-state index is 0.144. The highest BCUT2D eigenvalue weighted by atomic mass is 16.5. The molecule has 0 saturated heterocycles. The minimum Gasteiger partial charge on any atom is -0.466 e. The Hall–Kier alpha value is -0.900. The van der Waals surface area contributed by atoms with Crippen molar-refractivity contribution in [3.63, 3.8) is 0 Å². The Labute approximate surface area is 90.6 Å². The van der Waals surface area contributed by atoms with Crippen molar-refractivity contribution in [2.75, 3.05) is 6.61 Å². The first-order valence-corrected chi connectivity index (χ1v) is 5.23. The number of carbonyl (C=O) groups excluding carboxylic acids is 2. The second-order valence-corrected chi connectivity index (χ2v) is 4.13. The van der Waals surface area contributed by atoms with E-state index < -0.39 is 5.60 Å². The Kier molecular flexibility index (Phi) is 6.17. The molecule has 0 aliphatic rings. The molecule has 88 valence electrons. The summed E-state index contributed by atoms with van der Waals surface area (Å²) in [7, 11) is 0. The van der Waals surface area contributed by atoms with Crippen LogP contribution in [-0.4, -0.2) is 29.1 Å². The van der Waals surface area contributed by atoms with Gasteiger partial charge in [0.05, 0.1) is 6.61 Å². The Morgan fingerprint density at radius 3 is 2.27 bits per heavy atom. The fourth-order valence-electron chi connectivity index (χ4n) is 1.09. The van der Waals surface area contributed by atoms with E-state index in [0.717, 1.165) is 19.3 Å². The maximum atomic E-state index is 11.3. The Morgan fingerprint density at radius 2 is 1.80 bits per heavy atom. The molecule has 0 bridgehead atoms. The van der Waals surface area contributed by atoms with Crippen molar-refractivity contribution >= 4 is 11.8 Å². The number of carbonyl (C=O) groups is 2. The predicted molar refractivity (Wildman–Crippen MR) is 56.4 cm³/mol. The molecule has 0 fully saturated rings. The van der Waals surface area contributed by atoms with Crippen LogP contribution in [0.25, 0.3) is 0 Å². The third-order valence-corrected chi connectivity index (χ3v) is 2.04. The first-order chi connectivity index (χ1) is 6.84. The molecule has 0 saturated carbocycles. The first kappa shape index (κ1) is 14.1. The highest BCUT2D eigenvalue weighted by Crippen LogP contribution is 2.10.